The standard InChI is InChI=1S/C25H32N6O2/c1-32-23-12-6-5-11-22(23)24(25-26-27-28-31(25)19-21-10-7-17-33-21)30-15-13-29(14-16-30)18-20-8-3-2-4-9-20/h2-6,8-9,11-12,21,24H,7,10,13-19H2,1H3/t21-,24-/m0/s1. The molecule has 3 heterocycles. The Kier molecular flexibility index (Phi) is 6.95. The largest absolute Gasteiger partial charge is 0.496 e. The highest BCUT2D eigenvalue weighted by Crippen LogP contribution is 2.34. The maximum Gasteiger partial charge on any atom is 0.173 e. The van der Waals surface area contributed by atoms with Crippen LogP contribution in [0.5, 0.6) is 5.75 Å². The first kappa shape index (κ1) is 22.0. The van der Waals surface area contributed by atoms with E-state index in [4.69, 9.17) is 9.47 Å². The minimum absolute atomic E-state index is 0.0728. The molecule has 174 valence electrons. The fourth-order valence-electron chi connectivity index (χ4n) is 4.93. The Bertz CT molecular complexity index is 1010. The van der Waals surface area contributed by atoms with Gasteiger partial charge in [0.2, 0.25) is 0 Å². The highest BCUT2D eigenvalue weighted by Gasteiger charge is 2.33. The molecule has 0 spiro atoms. The normalized spacial score (nSPS) is 20.7. The molecule has 8 heteroatoms. The summed E-state index contributed by atoms with van der Waals surface area (Å²) in [6, 6.07) is 18.8. The van der Waals surface area contributed by atoms with Crippen LogP contribution in [0.25, 0.3) is 0 Å². The van der Waals surface area contributed by atoms with Crippen molar-refractivity contribution in [2.75, 3.05) is 39.9 Å². The molecule has 5 rings (SSSR count). The van der Waals surface area contributed by atoms with E-state index in [0.29, 0.717) is 6.54 Å². The van der Waals surface area contributed by atoms with Crippen LogP contribution in [0.4, 0.5) is 0 Å². The number of ether oxygens (including phenoxy) is 2. The van der Waals surface area contributed by atoms with Gasteiger partial charge in [-0.1, -0.05) is 48.5 Å². The van der Waals surface area contributed by atoms with Crippen LogP contribution in [0, 0.1) is 0 Å². The fourth-order valence-corrected chi connectivity index (χ4v) is 4.93. The SMILES string of the molecule is COc1ccccc1[C@@H](c1nnnn1C[C@@H]1CCCO1)N1CCN(Cc2ccccc2)CC1. The van der Waals surface area contributed by atoms with Gasteiger partial charge in [0, 0.05) is 44.9 Å². The van der Waals surface area contributed by atoms with Crippen molar-refractivity contribution in [3.8, 4) is 5.75 Å². The first-order chi connectivity index (χ1) is 16.3. The molecule has 0 N–H and O–H groups in total. The number of aromatic nitrogens is 4. The summed E-state index contributed by atoms with van der Waals surface area (Å²) in [6.45, 7) is 6.33. The van der Waals surface area contributed by atoms with Crippen molar-refractivity contribution in [2.45, 2.75) is 38.1 Å². The van der Waals surface area contributed by atoms with Crippen molar-refractivity contribution in [2.24, 2.45) is 0 Å². The van der Waals surface area contributed by atoms with Crippen molar-refractivity contribution in [1.82, 2.24) is 30.0 Å². The van der Waals surface area contributed by atoms with Crippen molar-refractivity contribution in [1.29, 1.82) is 0 Å². The number of piperazine rings is 1. The van der Waals surface area contributed by atoms with E-state index in [9.17, 15) is 0 Å². The molecule has 0 bridgehead atoms. The molecular weight excluding hydrogens is 416 g/mol. The first-order valence-electron chi connectivity index (χ1n) is 11.8. The smallest absolute Gasteiger partial charge is 0.173 e. The van der Waals surface area contributed by atoms with Crippen LogP contribution in [0.15, 0.2) is 54.6 Å². The van der Waals surface area contributed by atoms with E-state index >= 15 is 0 Å². The molecule has 0 unspecified atom stereocenters. The molecule has 0 amide bonds. The number of para-hydroxylation sites is 1. The van der Waals surface area contributed by atoms with Gasteiger partial charge in [-0.05, 0) is 34.9 Å². The van der Waals surface area contributed by atoms with Gasteiger partial charge in [-0.25, -0.2) is 4.68 Å². The van der Waals surface area contributed by atoms with Crippen LogP contribution in [0.2, 0.25) is 0 Å². The topological polar surface area (TPSA) is 68.5 Å². The summed E-state index contributed by atoms with van der Waals surface area (Å²) < 4.78 is 13.5. The van der Waals surface area contributed by atoms with Gasteiger partial charge in [0.15, 0.2) is 5.82 Å². The van der Waals surface area contributed by atoms with Crippen LogP contribution in [-0.4, -0.2) is 76.0 Å². The predicted molar refractivity (Wildman–Crippen MR) is 125 cm³/mol. The van der Waals surface area contributed by atoms with Gasteiger partial charge in [0.1, 0.15) is 11.8 Å². The molecule has 2 fully saturated rings. The lowest BCUT2D eigenvalue weighted by molar-refractivity contribution is 0.0838. The molecule has 2 atom stereocenters. The summed E-state index contributed by atoms with van der Waals surface area (Å²) in [4.78, 5) is 5.00. The van der Waals surface area contributed by atoms with Gasteiger partial charge < -0.3 is 9.47 Å². The summed E-state index contributed by atoms with van der Waals surface area (Å²) >= 11 is 0. The van der Waals surface area contributed by atoms with Gasteiger partial charge >= 0.3 is 0 Å². The summed E-state index contributed by atoms with van der Waals surface area (Å²) in [5.74, 6) is 1.72. The Morgan fingerprint density at radius 3 is 2.58 bits per heavy atom. The third-order valence-corrected chi connectivity index (χ3v) is 6.66. The van der Waals surface area contributed by atoms with Crippen LogP contribution in [0.3, 0.4) is 0 Å². The van der Waals surface area contributed by atoms with Gasteiger partial charge in [-0.3, -0.25) is 9.80 Å². The van der Waals surface area contributed by atoms with Crippen LogP contribution >= 0.6 is 0 Å². The average Bonchev–Trinajstić information content (AvgIpc) is 3.54. The number of benzene rings is 2. The first-order valence-corrected chi connectivity index (χ1v) is 11.8. The maximum atomic E-state index is 5.87. The molecule has 0 saturated carbocycles. The Morgan fingerprint density at radius 2 is 1.82 bits per heavy atom. The van der Waals surface area contributed by atoms with Gasteiger partial charge in [-0.2, -0.15) is 0 Å². The van der Waals surface area contributed by atoms with Crippen molar-refractivity contribution in [3.05, 3.63) is 71.5 Å². The molecule has 2 saturated heterocycles. The summed E-state index contributed by atoms with van der Waals surface area (Å²) in [7, 11) is 1.73. The molecule has 0 radical (unpaired) electrons. The second-order valence-electron chi connectivity index (χ2n) is 8.80. The minimum atomic E-state index is -0.0728. The van der Waals surface area contributed by atoms with Crippen LogP contribution in [0.1, 0.15) is 35.8 Å². The molecule has 2 aromatic carbocycles. The zero-order valence-corrected chi connectivity index (χ0v) is 19.2. The molecule has 33 heavy (non-hydrogen) atoms. The van der Waals surface area contributed by atoms with Gasteiger partial charge in [-0.15, -0.1) is 5.10 Å². The second-order valence-corrected chi connectivity index (χ2v) is 8.80. The van der Waals surface area contributed by atoms with Crippen molar-refractivity contribution < 1.29 is 9.47 Å². The molecule has 3 aromatic rings. The quantitative estimate of drug-likeness (QED) is 0.525. The van der Waals surface area contributed by atoms with Crippen molar-refractivity contribution in [3.63, 3.8) is 0 Å². The number of hydrogen-bond acceptors (Lipinski definition) is 7. The highest BCUT2D eigenvalue weighted by molar-refractivity contribution is 5.39. The zero-order chi connectivity index (χ0) is 22.5. The van der Waals surface area contributed by atoms with Crippen LogP contribution < -0.4 is 4.74 Å². The van der Waals surface area contributed by atoms with Crippen molar-refractivity contribution >= 4 is 0 Å². The number of rotatable bonds is 8. The number of nitrogens with zero attached hydrogens (tertiary/aromatic N) is 6. The van der Waals surface area contributed by atoms with E-state index in [2.05, 4.69) is 67.8 Å². The van der Waals surface area contributed by atoms with E-state index in [-0.39, 0.29) is 12.1 Å². The van der Waals surface area contributed by atoms with E-state index in [0.717, 1.165) is 69.3 Å². The minimum Gasteiger partial charge on any atom is -0.496 e. The molecular formula is C25H32N6O2. The molecule has 8 nitrogen and oxygen atoms in total. The Hall–Kier alpha value is -2.81. The summed E-state index contributed by atoms with van der Waals surface area (Å²) in [6.07, 6.45) is 2.33. The average molecular weight is 449 g/mol. The van der Waals surface area contributed by atoms with E-state index < -0.39 is 0 Å². The zero-order valence-electron chi connectivity index (χ0n) is 19.2. The maximum absolute atomic E-state index is 5.87. The molecule has 2 aliphatic heterocycles. The van der Waals surface area contributed by atoms with E-state index in [1.807, 2.05) is 16.8 Å². The fraction of sp³-hybridized carbons (Fsp3) is 0.480. The lowest BCUT2D eigenvalue weighted by atomic mass is 10.0. The molecule has 1 aromatic heterocycles. The Balaban J connectivity index is 1.38. The lowest BCUT2D eigenvalue weighted by Crippen LogP contribution is -2.48. The second kappa shape index (κ2) is 10.4. The summed E-state index contributed by atoms with van der Waals surface area (Å²) in [5.41, 5.74) is 2.45. The summed E-state index contributed by atoms with van der Waals surface area (Å²) in [5, 5.41) is 12.9. The highest BCUT2D eigenvalue weighted by atomic mass is 16.5. The number of hydrogen-bond donors (Lipinski definition) is 0. The van der Waals surface area contributed by atoms with E-state index in [1.165, 1.54) is 5.56 Å². The third-order valence-electron chi connectivity index (χ3n) is 6.66. The molecule has 0 aliphatic carbocycles. The Labute approximate surface area is 195 Å². The predicted octanol–water partition coefficient (Wildman–Crippen LogP) is 2.77. The van der Waals surface area contributed by atoms with Crippen LogP contribution in [-0.2, 0) is 17.8 Å². The third kappa shape index (κ3) is 5.08. The van der Waals surface area contributed by atoms with E-state index in [1.54, 1.807) is 7.11 Å². The Morgan fingerprint density at radius 1 is 1.03 bits per heavy atom. The number of methoxy groups -OCH3 is 1. The lowest BCUT2D eigenvalue weighted by Gasteiger charge is -2.39. The monoisotopic (exact) mass is 448 g/mol. The number of tetrazole rings is 1. The van der Waals surface area contributed by atoms with Gasteiger partial charge in [0.25, 0.3) is 0 Å². The van der Waals surface area contributed by atoms with Gasteiger partial charge in [0.05, 0.1) is 19.8 Å². The molecule has 2 aliphatic rings.